The average Bonchev–Trinajstić information content (AvgIpc) is 2.79. The van der Waals surface area contributed by atoms with Gasteiger partial charge in [0.15, 0.2) is 10.9 Å². The molecule has 0 unspecified atom stereocenters. The van der Waals surface area contributed by atoms with E-state index in [2.05, 4.69) is 25.3 Å². The van der Waals surface area contributed by atoms with Gasteiger partial charge >= 0.3 is 0 Å². The Labute approximate surface area is 193 Å². The van der Waals surface area contributed by atoms with E-state index in [-0.39, 0.29) is 27.2 Å². The number of hydrogen-bond donors (Lipinski definition) is 3. The van der Waals surface area contributed by atoms with Crippen LogP contribution in [-0.2, 0) is 10.0 Å². The quantitative estimate of drug-likeness (QED) is 0.211. The van der Waals surface area contributed by atoms with Crippen LogP contribution in [-0.4, -0.2) is 28.4 Å². The predicted molar refractivity (Wildman–Crippen MR) is 130 cm³/mol. The van der Waals surface area contributed by atoms with Crippen LogP contribution in [0.3, 0.4) is 0 Å². The first-order valence-corrected chi connectivity index (χ1v) is 11.4. The zero-order chi connectivity index (χ0) is 23.4. The minimum Gasteiger partial charge on any atom is -0.332 e. The van der Waals surface area contributed by atoms with E-state index in [0.717, 1.165) is 0 Å². The average molecular weight is 481 g/mol. The van der Waals surface area contributed by atoms with Crippen molar-refractivity contribution in [2.75, 3.05) is 15.4 Å². The molecular weight excluding hydrogens is 464 g/mol. The number of aromatic nitrogens is 2. The molecule has 0 saturated heterocycles. The zero-order valence-electron chi connectivity index (χ0n) is 16.8. The zero-order valence-corrected chi connectivity index (χ0v) is 18.4. The summed E-state index contributed by atoms with van der Waals surface area (Å²) < 4.78 is 27.8. The smallest absolute Gasteiger partial charge is 0.292 e. The van der Waals surface area contributed by atoms with Crippen molar-refractivity contribution in [3.8, 4) is 0 Å². The highest BCUT2D eigenvalue weighted by Gasteiger charge is 2.16. The summed E-state index contributed by atoms with van der Waals surface area (Å²) in [5, 5.41) is 16.9. The van der Waals surface area contributed by atoms with Crippen LogP contribution in [0.5, 0.6) is 0 Å². The molecule has 0 spiro atoms. The standard InChI is InChI=1S/C21H16N6O4S2/c28-27(29)19-8-4-3-7-18(19)25-21(32)23-14-9-11-15(12-10-14)33(30,31)26-20-13-22-16-5-1-2-6-17(16)24-20/h1-13H,(H,24,26)(H2,23,25,32). The SMILES string of the molecule is O=[N+]([O-])c1ccccc1NC(=S)Nc1ccc(S(=O)(=O)Nc2cnc3ccccc3n2)cc1. The molecule has 166 valence electrons. The van der Waals surface area contributed by atoms with Crippen molar-refractivity contribution in [2.45, 2.75) is 4.90 Å². The number of para-hydroxylation sites is 4. The minimum atomic E-state index is -3.89. The van der Waals surface area contributed by atoms with Gasteiger partial charge < -0.3 is 10.6 Å². The van der Waals surface area contributed by atoms with Gasteiger partial charge in [-0.1, -0.05) is 24.3 Å². The van der Waals surface area contributed by atoms with Crippen molar-refractivity contribution in [3.05, 3.63) is 89.1 Å². The van der Waals surface area contributed by atoms with Crippen LogP contribution in [0.4, 0.5) is 22.9 Å². The Balaban J connectivity index is 1.44. The highest BCUT2D eigenvalue weighted by Crippen LogP contribution is 2.24. The van der Waals surface area contributed by atoms with E-state index in [4.69, 9.17) is 12.2 Å². The molecule has 0 aliphatic carbocycles. The fourth-order valence-electron chi connectivity index (χ4n) is 2.94. The molecule has 33 heavy (non-hydrogen) atoms. The molecule has 12 heteroatoms. The first-order valence-electron chi connectivity index (χ1n) is 9.48. The number of nitro benzene ring substituents is 1. The van der Waals surface area contributed by atoms with Gasteiger partial charge in [-0.3, -0.25) is 19.8 Å². The second-order valence-electron chi connectivity index (χ2n) is 6.73. The van der Waals surface area contributed by atoms with Gasteiger partial charge in [-0.15, -0.1) is 0 Å². The summed E-state index contributed by atoms with van der Waals surface area (Å²) in [6.07, 6.45) is 1.35. The summed E-state index contributed by atoms with van der Waals surface area (Å²) in [5.41, 5.74) is 1.83. The summed E-state index contributed by atoms with van der Waals surface area (Å²) in [6.45, 7) is 0. The van der Waals surface area contributed by atoms with Crippen LogP contribution < -0.4 is 15.4 Å². The van der Waals surface area contributed by atoms with Crippen LogP contribution in [0.1, 0.15) is 0 Å². The second-order valence-corrected chi connectivity index (χ2v) is 8.82. The molecule has 4 rings (SSSR count). The van der Waals surface area contributed by atoms with Crippen molar-refractivity contribution in [1.82, 2.24) is 9.97 Å². The monoisotopic (exact) mass is 480 g/mol. The van der Waals surface area contributed by atoms with E-state index in [1.54, 1.807) is 30.3 Å². The third-order valence-corrected chi connectivity index (χ3v) is 6.03. The van der Waals surface area contributed by atoms with Crippen LogP contribution in [0.25, 0.3) is 11.0 Å². The van der Waals surface area contributed by atoms with Crippen molar-refractivity contribution >= 4 is 61.3 Å². The first kappa shape index (κ1) is 22.0. The number of anilines is 3. The topological polar surface area (TPSA) is 139 Å². The lowest BCUT2D eigenvalue weighted by Crippen LogP contribution is -2.20. The van der Waals surface area contributed by atoms with Gasteiger partial charge in [-0.25, -0.2) is 13.4 Å². The summed E-state index contributed by atoms with van der Waals surface area (Å²) in [4.78, 5) is 19.1. The molecule has 0 fully saturated rings. The van der Waals surface area contributed by atoms with Crippen molar-refractivity contribution < 1.29 is 13.3 Å². The van der Waals surface area contributed by atoms with E-state index in [0.29, 0.717) is 16.7 Å². The predicted octanol–water partition coefficient (Wildman–Crippen LogP) is 4.15. The molecule has 10 nitrogen and oxygen atoms in total. The molecule has 0 aliphatic heterocycles. The molecule has 0 amide bonds. The van der Waals surface area contributed by atoms with Gasteiger partial charge in [-0.2, -0.15) is 0 Å². The van der Waals surface area contributed by atoms with Gasteiger partial charge in [0.25, 0.3) is 15.7 Å². The molecule has 0 aliphatic rings. The summed E-state index contributed by atoms with van der Waals surface area (Å²) >= 11 is 5.21. The molecule has 1 aromatic heterocycles. The molecule has 0 saturated carbocycles. The van der Waals surface area contributed by atoms with E-state index in [9.17, 15) is 18.5 Å². The van der Waals surface area contributed by atoms with Gasteiger partial charge in [0.2, 0.25) is 0 Å². The maximum absolute atomic E-state index is 12.7. The van der Waals surface area contributed by atoms with Crippen LogP contribution >= 0.6 is 12.2 Å². The molecule has 3 aromatic carbocycles. The normalized spacial score (nSPS) is 11.0. The van der Waals surface area contributed by atoms with Crippen molar-refractivity contribution in [3.63, 3.8) is 0 Å². The Morgan fingerprint density at radius 1 is 0.909 bits per heavy atom. The Kier molecular flexibility index (Phi) is 6.11. The van der Waals surface area contributed by atoms with E-state index >= 15 is 0 Å². The lowest BCUT2D eigenvalue weighted by molar-refractivity contribution is -0.383. The molecule has 0 bridgehead atoms. The fraction of sp³-hybridized carbons (Fsp3) is 0. The Bertz CT molecular complexity index is 1460. The number of sulfonamides is 1. The molecule has 1 heterocycles. The fourth-order valence-corrected chi connectivity index (χ4v) is 4.16. The lowest BCUT2D eigenvalue weighted by atomic mass is 10.3. The Hall–Kier alpha value is -4.16. The van der Waals surface area contributed by atoms with E-state index < -0.39 is 14.9 Å². The highest BCUT2D eigenvalue weighted by molar-refractivity contribution is 7.92. The molecule has 4 aromatic rings. The molecule has 0 atom stereocenters. The lowest BCUT2D eigenvalue weighted by Gasteiger charge is -2.12. The number of nitro groups is 1. The van der Waals surface area contributed by atoms with Crippen molar-refractivity contribution in [1.29, 1.82) is 0 Å². The molecule has 0 radical (unpaired) electrons. The van der Waals surface area contributed by atoms with Gasteiger partial charge in [-0.05, 0) is 54.7 Å². The highest BCUT2D eigenvalue weighted by atomic mass is 32.2. The number of rotatable bonds is 6. The number of hydrogen-bond acceptors (Lipinski definition) is 7. The number of nitrogens with zero attached hydrogens (tertiary/aromatic N) is 3. The summed E-state index contributed by atoms with van der Waals surface area (Å²) in [6, 6.07) is 19.0. The summed E-state index contributed by atoms with van der Waals surface area (Å²) in [5.74, 6) is 0.103. The van der Waals surface area contributed by atoms with E-state index in [1.807, 2.05) is 6.07 Å². The maximum Gasteiger partial charge on any atom is 0.292 e. The third-order valence-electron chi connectivity index (χ3n) is 4.46. The number of fused-ring (bicyclic) bond motifs is 1. The van der Waals surface area contributed by atoms with Gasteiger partial charge in [0.1, 0.15) is 5.69 Å². The van der Waals surface area contributed by atoms with Gasteiger partial charge in [0.05, 0.1) is 27.0 Å². The third kappa shape index (κ3) is 5.19. The molecule has 3 N–H and O–H groups in total. The van der Waals surface area contributed by atoms with Crippen LogP contribution in [0.15, 0.2) is 83.9 Å². The first-order chi connectivity index (χ1) is 15.8. The number of nitrogens with one attached hydrogen (secondary N) is 3. The Morgan fingerprint density at radius 2 is 1.58 bits per heavy atom. The molecular formula is C21H16N6O4S2. The van der Waals surface area contributed by atoms with Gasteiger partial charge in [0, 0.05) is 11.8 Å². The maximum atomic E-state index is 12.7. The minimum absolute atomic E-state index is 0.0144. The van der Waals surface area contributed by atoms with E-state index in [1.165, 1.54) is 42.6 Å². The number of thiocarbonyl (C=S) groups is 1. The van der Waals surface area contributed by atoms with Crippen molar-refractivity contribution in [2.24, 2.45) is 0 Å². The van der Waals surface area contributed by atoms with Crippen LogP contribution in [0.2, 0.25) is 0 Å². The largest absolute Gasteiger partial charge is 0.332 e. The second kappa shape index (κ2) is 9.14. The van der Waals surface area contributed by atoms with Crippen LogP contribution in [0, 0.1) is 10.1 Å². The Morgan fingerprint density at radius 3 is 2.30 bits per heavy atom. The number of benzene rings is 3. The summed E-state index contributed by atoms with van der Waals surface area (Å²) in [7, 11) is -3.89.